The van der Waals surface area contributed by atoms with Crippen LogP contribution in [0.25, 0.3) is 0 Å². The highest BCUT2D eigenvalue weighted by molar-refractivity contribution is 5.54. The van der Waals surface area contributed by atoms with Crippen LogP contribution in [0.5, 0.6) is 11.5 Å². The molecule has 0 bridgehead atoms. The number of ether oxygens (including phenoxy) is 1. The van der Waals surface area contributed by atoms with E-state index in [2.05, 4.69) is 5.32 Å². The highest BCUT2D eigenvalue weighted by atomic mass is 19.3. The Hall–Kier alpha value is -1.52. The molecule has 0 heterocycles. The van der Waals surface area contributed by atoms with E-state index in [1.165, 1.54) is 26.2 Å². The maximum Gasteiger partial charge on any atom is 0.258 e. The lowest BCUT2D eigenvalue weighted by Crippen LogP contribution is -2.23. The summed E-state index contributed by atoms with van der Waals surface area (Å²) in [4.78, 5) is 0. The van der Waals surface area contributed by atoms with Crippen molar-refractivity contribution in [2.24, 2.45) is 0 Å². The Morgan fingerprint density at radius 1 is 1.40 bits per heavy atom. The quantitative estimate of drug-likeness (QED) is 0.814. The van der Waals surface area contributed by atoms with Crippen LogP contribution in [-0.2, 0) is 0 Å². The standard InChI is InChI=1S/C10H13F2NO2/c1-6(10(11)12)13-7-3-4-9(15-2)8(14)5-7/h3-6,10,13-14H,1-2H3. The third kappa shape index (κ3) is 2.97. The Kier molecular flexibility index (Phi) is 3.71. The summed E-state index contributed by atoms with van der Waals surface area (Å²) in [6, 6.07) is 3.46. The van der Waals surface area contributed by atoms with Gasteiger partial charge in [-0.1, -0.05) is 0 Å². The van der Waals surface area contributed by atoms with Crippen LogP contribution < -0.4 is 10.1 Å². The minimum atomic E-state index is -2.45. The van der Waals surface area contributed by atoms with Crippen LogP contribution in [0.3, 0.4) is 0 Å². The number of nitrogens with one attached hydrogen (secondary N) is 1. The fourth-order valence-electron chi connectivity index (χ4n) is 1.11. The number of methoxy groups -OCH3 is 1. The lowest BCUT2D eigenvalue weighted by Gasteiger charge is -2.14. The van der Waals surface area contributed by atoms with Crippen molar-refractivity contribution in [1.82, 2.24) is 0 Å². The summed E-state index contributed by atoms with van der Waals surface area (Å²) in [5.41, 5.74) is 0.432. The van der Waals surface area contributed by atoms with Gasteiger partial charge in [-0.15, -0.1) is 0 Å². The van der Waals surface area contributed by atoms with E-state index in [-0.39, 0.29) is 5.75 Å². The van der Waals surface area contributed by atoms with Gasteiger partial charge in [-0.05, 0) is 19.1 Å². The molecule has 3 nitrogen and oxygen atoms in total. The fraction of sp³-hybridized carbons (Fsp3) is 0.400. The molecule has 1 atom stereocenters. The number of hydrogen-bond acceptors (Lipinski definition) is 3. The van der Waals surface area contributed by atoms with Gasteiger partial charge in [0.15, 0.2) is 11.5 Å². The molecule has 0 aliphatic carbocycles. The molecular weight excluding hydrogens is 204 g/mol. The van der Waals surface area contributed by atoms with Gasteiger partial charge >= 0.3 is 0 Å². The molecule has 0 aromatic heterocycles. The van der Waals surface area contributed by atoms with Gasteiger partial charge in [0.05, 0.1) is 13.2 Å². The van der Waals surface area contributed by atoms with Crippen molar-refractivity contribution in [3.63, 3.8) is 0 Å². The van der Waals surface area contributed by atoms with Crippen LogP contribution in [0, 0.1) is 0 Å². The van der Waals surface area contributed by atoms with Crippen molar-refractivity contribution < 1.29 is 18.6 Å². The molecule has 15 heavy (non-hydrogen) atoms. The number of alkyl halides is 2. The van der Waals surface area contributed by atoms with Crippen molar-refractivity contribution in [2.45, 2.75) is 19.4 Å². The fourth-order valence-corrected chi connectivity index (χ4v) is 1.11. The average molecular weight is 217 g/mol. The van der Waals surface area contributed by atoms with Gasteiger partial charge < -0.3 is 15.2 Å². The van der Waals surface area contributed by atoms with Crippen molar-refractivity contribution in [3.8, 4) is 11.5 Å². The van der Waals surface area contributed by atoms with Gasteiger partial charge in [-0.25, -0.2) is 8.78 Å². The van der Waals surface area contributed by atoms with Crippen molar-refractivity contribution >= 4 is 5.69 Å². The molecule has 5 heteroatoms. The van der Waals surface area contributed by atoms with E-state index in [9.17, 15) is 13.9 Å². The monoisotopic (exact) mass is 217 g/mol. The predicted molar refractivity (Wildman–Crippen MR) is 53.7 cm³/mol. The first-order valence-corrected chi connectivity index (χ1v) is 4.46. The van der Waals surface area contributed by atoms with Crippen LogP contribution in [-0.4, -0.2) is 24.7 Å². The van der Waals surface area contributed by atoms with Crippen molar-refractivity contribution in [2.75, 3.05) is 12.4 Å². The first-order chi connectivity index (χ1) is 7.04. The highest BCUT2D eigenvalue weighted by Crippen LogP contribution is 2.29. The summed E-state index contributed by atoms with van der Waals surface area (Å²) in [7, 11) is 1.42. The summed E-state index contributed by atoms with van der Waals surface area (Å²) < 4.78 is 29.2. The van der Waals surface area contributed by atoms with E-state index in [1.807, 2.05) is 0 Å². The maximum absolute atomic E-state index is 12.2. The van der Waals surface area contributed by atoms with Crippen LogP contribution in [0.1, 0.15) is 6.92 Å². The van der Waals surface area contributed by atoms with Gasteiger partial charge in [0.2, 0.25) is 0 Å². The number of phenolic OH excluding ortho intramolecular Hbond substituents is 1. The number of aromatic hydroxyl groups is 1. The molecule has 84 valence electrons. The SMILES string of the molecule is COc1ccc(NC(C)C(F)F)cc1O. The molecule has 0 saturated carbocycles. The number of benzene rings is 1. The Labute approximate surface area is 86.7 Å². The molecule has 0 saturated heterocycles. The van der Waals surface area contributed by atoms with E-state index in [4.69, 9.17) is 4.74 Å². The average Bonchev–Trinajstić information content (AvgIpc) is 2.18. The third-order valence-electron chi connectivity index (χ3n) is 1.95. The topological polar surface area (TPSA) is 41.5 Å². The molecule has 1 aromatic carbocycles. The molecule has 0 amide bonds. The maximum atomic E-state index is 12.2. The minimum absolute atomic E-state index is 0.0797. The number of halogens is 2. The van der Waals surface area contributed by atoms with Gasteiger partial charge in [-0.3, -0.25) is 0 Å². The molecule has 0 radical (unpaired) electrons. The lowest BCUT2D eigenvalue weighted by atomic mass is 10.2. The van der Waals surface area contributed by atoms with Crippen molar-refractivity contribution in [3.05, 3.63) is 18.2 Å². The number of rotatable bonds is 4. The molecule has 0 aliphatic rings. The summed E-state index contributed by atoms with van der Waals surface area (Å²) in [6.07, 6.45) is -2.45. The zero-order valence-corrected chi connectivity index (χ0v) is 8.50. The molecule has 1 unspecified atom stereocenters. The van der Waals surface area contributed by atoms with E-state index in [0.717, 1.165) is 0 Å². The summed E-state index contributed by atoms with van der Waals surface area (Å²) in [5.74, 6) is 0.231. The summed E-state index contributed by atoms with van der Waals surface area (Å²) in [5, 5.41) is 12.0. The zero-order chi connectivity index (χ0) is 11.4. The molecule has 0 fully saturated rings. The highest BCUT2D eigenvalue weighted by Gasteiger charge is 2.14. The zero-order valence-electron chi connectivity index (χ0n) is 8.50. The Morgan fingerprint density at radius 3 is 2.53 bits per heavy atom. The predicted octanol–water partition coefficient (Wildman–Crippen LogP) is 2.47. The molecule has 0 spiro atoms. The largest absolute Gasteiger partial charge is 0.504 e. The van der Waals surface area contributed by atoms with Crippen molar-refractivity contribution in [1.29, 1.82) is 0 Å². The van der Waals surface area contributed by atoms with Crippen LogP contribution in [0.2, 0.25) is 0 Å². The Bertz CT molecular complexity index is 331. The van der Waals surface area contributed by atoms with Gasteiger partial charge in [0.1, 0.15) is 0 Å². The summed E-state index contributed by atoms with van der Waals surface area (Å²) >= 11 is 0. The van der Waals surface area contributed by atoms with E-state index >= 15 is 0 Å². The summed E-state index contributed by atoms with van der Waals surface area (Å²) in [6.45, 7) is 1.37. The number of hydrogen-bond donors (Lipinski definition) is 2. The number of phenols is 1. The van der Waals surface area contributed by atoms with E-state index < -0.39 is 12.5 Å². The minimum Gasteiger partial charge on any atom is -0.504 e. The van der Waals surface area contributed by atoms with Crippen LogP contribution >= 0.6 is 0 Å². The van der Waals surface area contributed by atoms with Gasteiger partial charge in [0, 0.05) is 11.8 Å². The first kappa shape index (κ1) is 11.6. The second kappa shape index (κ2) is 4.82. The van der Waals surface area contributed by atoms with Gasteiger partial charge in [-0.2, -0.15) is 0 Å². The molecule has 1 rings (SSSR count). The van der Waals surface area contributed by atoms with E-state index in [0.29, 0.717) is 11.4 Å². The number of anilines is 1. The Morgan fingerprint density at radius 2 is 2.07 bits per heavy atom. The molecule has 2 N–H and O–H groups in total. The molecule has 0 aliphatic heterocycles. The first-order valence-electron chi connectivity index (χ1n) is 4.46. The second-order valence-corrected chi connectivity index (χ2v) is 3.15. The van der Waals surface area contributed by atoms with Gasteiger partial charge in [0.25, 0.3) is 6.43 Å². The molecular formula is C10H13F2NO2. The molecule has 1 aromatic rings. The second-order valence-electron chi connectivity index (χ2n) is 3.15. The Balaban J connectivity index is 2.75. The van der Waals surface area contributed by atoms with Crippen LogP contribution in [0.4, 0.5) is 14.5 Å². The van der Waals surface area contributed by atoms with E-state index in [1.54, 1.807) is 6.07 Å². The third-order valence-corrected chi connectivity index (χ3v) is 1.95. The van der Waals surface area contributed by atoms with Crippen LogP contribution in [0.15, 0.2) is 18.2 Å². The lowest BCUT2D eigenvalue weighted by molar-refractivity contribution is 0.130. The normalized spacial score (nSPS) is 12.6. The smallest absolute Gasteiger partial charge is 0.258 e.